The maximum absolute atomic E-state index is 12.9. The van der Waals surface area contributed by atoms with E-state index in [4.69, 9.17) is 27.4 Å². The Morgan fingerprint density at radius 3 is 2.77 bits per heavy atom. The van der Waals surface area contributed by atoms with Gasteiger partial charge >= 0.3 is 0 Å². The zero-order valence-corrected chi connectivity index (χ0v) is 18.4. The SMILES string of the molecule is N#CN=C(N)N(c1ccccc1Br)c1ccc(Cl)c(S(=O)(=O)NC2CCON2)c1O. The fraction of sp³-hybridized carbons (Fsp3) is 0.176. The van der Waals surface area contributed by atoms with Gasteiger partial charge in [-0.1, -0.05) is 23.7 Å². The highest BCUT2D eigenvalue weighted by molar-refractivity contribution is 9.10. The molecule has 1 heterocycles. The van der Waals surface area contributed by atoms with Gasteiger partial charge in [0.05, 0.1) is 29.2 Å². The summed E-state index contributed by atoms with van der Waals surface area (Å²) in [6.45, 7) is 0.323. The quantitative estimate of drug-likeness (QED) is 0.269. The number of phenols is 1. The number of benzene rings is 2. The van der Waals surface area contributed by atoms with E-state index in [1.54, 1.807) is 30.5 Å². The fourth-order valence-electron chi connectivity index (χ4n) is 2.81. The van der Waals surface area contributed by atoms with Gasteiger partial charge in [-0.2, -0.15) is 15.5 Å². The number of nitrogens with one attached hydrogen (secondary N) is 2. The van der Waals surface area contributed by atoms with E-state index in [0.717, 1.165) is 0 Å². The number of anilines is 2. The van der Waals surface area contributed by atoms with Gasteiger partial charge in [0, 0.05) is 10.9 Å². The predicted molar refractivity (Wildman–Crippen MR) is 114 cm³/mol. The van der Waals surface area contributed by atoms with Crippen molar-refractivity contribution in [1.82, 2.24) is 10.2 Å². The van der Waals surface area contributed by atoms with Crippen molar-refractivity contribution in [3.63, 3.8) is 0 Å². The van der Waals surface area contributed by atoms with Gasteiger partial charge in [-0.25, -0.2) is 8.42 Å². The first-order valence-corrected chi connectivity index (χ1v) is 11.1. The molecule has 0 aliphatic carbocycles. The van der Waals surface area contributed by atoms with Crippen molar-refractivity contribution >= 4 is 54.9 Å². The molecule has 0 radical (unpaired) electrons. The average molecular weight is 516 g/mol. The Morgan fingerprint density at radius 2 is 2.13 bits per heavy atom. The second kappa shape index (κ2) is 9.17. The number of nitrogens with zero attached hydrogens (tertiary/aromatic N) is 3. The minimum Gasteiger partial charge on any atom is -0.504 e. The molecule has 0 spiro atoms. The molecule has 0 bridgehead atoms. The molecular formula is C17H16BrClN6O4S. The number of aromatic hydroxyl groups is 1. The van der Waals surface area contributed by atoms with Crippen LogP contribution in [0.2, 0.25) is 5.02 Å². The van der Waals surface area contributed by atoms with Gasteiger partial charge in [-0.3, -0.25) is 4.90 Å². The molecule has 0 amide bonds. The molecule has 1 fully saturated rings. The lowest BCUT2D eigenvalue weighted by Gasteiger charge is -2.26. The van der Waals surface area contributed by atoms with Gasteiger partial charge < -0.3 is 15.7 Å². The normalized spacial score (nSPS) is 17.0. The molecule has 5 N–H and O–H groups in total. The van der Waals surface area contributed by atoms with Crippen molar-refractivity contribution in [2.45, 2.75) is 17.5 Å². The summed E-state index contributed by atoms with van der Waals surface area (Å²) < 4.78 is 28.8. The smallest absolute Gasteiger partial charge is 0.247 e. The molecule has 1 aliphatic heterocycles. The lowest BCUT2D eigenvalue weighted by molar-refractivity contribution is 0.0866. The third-order valence-corrected chi connectivity index (χ3v) is 6.73. The highest BCUT2D eigenvalue weighted by atomic mass is 79.9. The van der Waals surface area contributed by atoms with Crippen molar-refractivity contribution in [2.24, 2.45) is 10.7 Å². The van der Waals surface area contributed by atoms with Crippen LogP contribution in [-0.4, -0.2) is 32.3 Å². The topological polar surface area (TPSA) is 153 Å². The Hall–Kier alpha value is -2.40. The second-order valence-electron chi connectivity index (χ2n) is 6.03. The maximum atomic E-state index is 12.9. The van der Waals surface area contributed by atoms with E-state index in [2.05, 4.69) is 31.1 Å². The first kappa shape index (κ1) is 22.3. The van der Waals surface area contributed by atoms with Gasteiger partial charge in [-0.05, 0) is 40.2 Å². The summed E-state index contributed by atoms with van der Waals surface area (Å²) in [5.74, 6) is -0.954. The Morgan fingerprint density at radius 1 is 1.40 bits per heavy atom. The first-order chi connectivity index (χ1) is 14.3. The van der Waals surface area contributed by atoms with Gasteiger partial charge in [-0.15, -0.1) is 4.99 Å². The van der Waals surface area contributed by atoms with Crippen molar-refractivity contribution in [2.75, 3.05) is 11.5 Å². The van der Waals surface area contributed by atoms with Crippen molar-refractivity contribution in [3.8, 4) is 11.9 Å². The number of hydrogen-bond donors (Lipinski definition) is 4. The van der Waals surface area contributed by atoms with Crippen LogP contribution in [0.3, 0.4) is 0 Å². The van der Waals surface area contributed by atoms with Crippen LogP contribution >= 0.6 is 27.5 Å². The van der Waals surface area contributed by atoms with Gasteiger partial charge in [0.1, 0.15) is 4.90 Å². The van der Waals surface area contributed by atoms with Crippen LogP contribution in [0, 0.1) is 11.5 Å². The number of hydroxylamine groups is 1. The standard InChI is InChI=1S/C17H16BrClN6O4S/c18-10-3-1-2-4-12(10)25(17(21)22-9-20)13-6-5-11(19)16(15(13)26)30(27,28)24-14-7-8-29-23-14/h1-6,14,23-24,26H,7-8H2,(H2,21,22). The number of rotatable bonds is 5. The molecule has 13 heteroatoms. The molecule has 158 valence electrons. The number of hydrogen-bond acceptors (Lipinski definition) is 7. The molecule has 1 unspecified atom stereocenters. The molecule has 0 saturated carbocycles. The summed E-state index contributed by atoms with van der Waals surface area (Å²) in [5.41, 5.74) is 8.84. The highest BCUT2D eigenvalue weighted by Crippen LogP contribution is 2.42. The molecule has 10 nitrogen and oxygen atoms in total. The van der Waals surface area contributed by atoms with Crippen LogP contribution in [0.5, 0.6) is 5.75 Å². The fourth-order valence-corrected chi connectivity index (χ4v) is 5.07. The molecule has 0 aromatic heterocycles. The molecule has 1 atom stereocenters. The molecule has 1 saturated heterocycles. The molecule has 1 aliphatic rings. The van der Waals surface area contributed by atoms with Gasteiger partial charge in [0.15, 0.2) is 5.75 Å². The number of phenolic OH excluding ortho intramolecular Hbond substituents is 1. The summed E-state index contributed by atoms with van der Waals surface area (Å²) in [7, 11) is -4.25. The van der Waals surface area contributed by atoms with E-state index in [0.29, 0.717) is 23.2 Å². The van der Waals surface area contributed by atoms with E-state index < -0.39 is 26.8 Å². The first-order valence-electron chi connectivity index (χ1n) is 8.44. The number of para-hydroxylation sites is 1. The second-order valence-corrected chi connectivity index (χ2v) is 8.94. The number of nitrogens with two attached hydrogens (primary N) is 1. The number of aliphatic imine (C=N–C) groups is 1. The Kier molecular flexibility index (Phi) is 6.81. The summed E-state index contributed by atoms with van der Waals surface area (Å²) in [6.07, 6.45) is 1.29. The van der Waals surface area contributed by atoms with Crippen molar-refractivity contribution in [3.05, 3.63) is 45.9 Å². The van der Waals surface area contributed by atoms with Crippen LogP contribution in [0.1, 0.15) is 6.42 Å². The van der Waals surface area contributed by atoms with Gasteiger partial charge in [0.25, 0.3) is 0 Å². The third-order valence-electron chi connectivity index (χ3n) is 4.09. The number of halogens is 2. The lowest BCUT2D eigenvalue weighted by atomic mass is 10.2. The zero-order chi connectivity index (χ0) is 21.9. The average Bonchev–Trinajstić information content (AvgIpc) is 3.17. The lowest BCUT2D eigenvalue weighted by Crippen LogP contribution is -2.41. The van der Waals surface area contributed by atoms with Crippen LogP contribution < -0.4 is 20.8 Å². The maximum Gasteiger partial charge on any atom is 0.247 e. The Labute approximate surface area is 186 Å². The van der Waals surface area contributed by atoms with E-state index in [9.17, 15) is 13.5 Å². The van der Waals surface area contributed by atoms with E-state index in [-0.39, 0.29) is 16.7 Å². The van der Waals surface area contributed by atoms with E-state index in [1.165, 1.54) is 17.0 Å². The van der Waals surface area contributed by atoms with Crippen LogP contribution in [0.25, 0.3) is 0 Å². The summed E-state index contributed by atoms with van der Waals surface area (Å²) in [4.78, 5) is 9.16. The zero-order valence-electron chi connectivity index (χ0n) is 15.2. The van der Waals surface area contributed by atoms with E-state index >= 15 is 0 Å². The summed E-state index contributed by atoms with van der Waals surface area (Å²) >= 11 is 9.50. The van der Waals surface area contributed by atoms with Crippen LogP contribution in [-0.2, 0) is 14.9 Å². The third kappa shape index (κ3) is 4.51. The minimum atomic E-state index is -4.25. The van der Waals surface area contributed by atoms with Crippen LogP contribution in [0.15, 0.2) is 50.8 Å². The molecule has 2 aromatic carbocycles. The van der Waals surface area contributed by atoms with Crippen molar-refractivity contribution < 1.29 is 18.4 Å². The van der Waals surface area contributed by atoms with Gasteiger partial charge in [0.2, 0.25) is 22.2 Å². The molecular weight excluding hydrogens is 500 g/mol. The monoisotopic (exact) mass is 514 g/mol. The number of nitriles is 1. The number of sulfonamides is 1. The molecule has 3 rings (SSSR count). The highest BCUT2D eigenvalue weighted by Gasteiger charge is 2.31. The molecule has 30 heavy (non-hydrogen) atoms. The van der Waals surface area contributed by atoms with E-state index in [1.807, 2.05) is 0 Å². The van der Waals surface area contributed by atoms with Crippen LogP contribution in [0.4, 0.5) is 11.4 Å². The summed E-state index contributed by atoms with van der Waals surface area (Å²) in [6, 6.07) is 9.47. The Bertz CT molecular complexity index is 1130. The minimum absolute atomic E-state index is 0.0428. The number of guanidine groups is 1. The predicted octanol–water partition coefficient (Wildman–Crippen LogP) is 2.27. The van der Waals surface area contributed by atoms with Crippen molar-refractivity contribution in [1.29, 1.82) is 5.26 Å². The summed E-state index contributed by atoms with van der Waals surface area (Å²) in [5, 5.41) is 19.7. The largest absolute Gasteiger partial charge is 0.504 e. The molecule has 2 aromatic rings. The Balaban J connectivity index is 2.17.